The largest absolute Gasteiger partial charge is 0.443 e. The molecular formula is C25H38N4O4S. The van der Waals surface area contributed by atoms with E-state index >= 15 is 0 Å². The summed E-state index contributed by atoms with van der Waals surface area (Å²) in [4.78, 5) is 16.9. The number of benzene rings is 1. The van der Waals surface area contributed by atoms with Crippen LogP contribution in [0.2, 0.25) is 0 Å². The van der Waals surface area contributed by atoms with Crippen LogP contribution in [0.1, 0.15) is 64.4 Å². The van der Waals surface area contributed by atoms with Gasteiger partial charge in [0, 0.05) is 24.8 Å². The van der Waals surface area contributed by atoms with Crippen molar-refractivity contribution < 1.29 is 18.5 Å². The van der Waals surface area contributed by atoms with Gasteiger partial charge in [-0.05, 0) is 83.0 Å². The molecule has 1 aliphatic carbocycles. The zero-order valence-corrected chi connectivity index (χ0v) is 21.5. The summed E-state index contributed by atoms with van der Waals surface area (Å²) in [6.45, 7) is 8.13. The van der Waals surface area contributed by atoms with Crippen molar-refractivity contribution in [3.05, 3.63) is 30.1 Å². The first-order valence-electron chi connectivity index (χ1n) is 12.3. The van der Waals surface area contributed by atoms with Crippen LogP contribution in [0.3, 0.4) is 0 Å². The Bertz CT molecular complexity index is 1010. The molecule has 0 radical (unpaired) electrons. The van der Waals surface area contributed by atoms with Gasteiger partial charge in [0.2, 0.25) is 0 Å². The third kappa shape index (κ3) is 6.44. The van der Waals surface area contributed by atoms with Crippen molar-refractivity contribution in [3.8, 4) is 0 Å². The Morgan fingerprint density at radius 3 is 2.71 bits per heavy atom. The summed E-state index contributed by atoms with van der Waals surface area (Å²) >= 11 is 0. The number of nitrogens with one attached hydrogen (secondary N) is 2. The molecule has 3 unspecified atom stereocenters. The van der Waals surface area contributed by atoms with E-state index in [1.54, 1.807) is 12.6 Å². The van der Waals surface area contributed by atoms with E-state index in [9.17, 15) is 9.00 Å². The zero-order chi connectivity index (χ0) is 24.3. The van der Waals surface area contributed by atoms with Crippen molar-refractivity contribution in [3.63, 3.8) is 0 Å². The van der Waals surface area contributed by atoms with Crippen LogP contribution in [0.5, 0.6) is 0 Å². The monoisotopic (exact) mass is 490 g/mol. The Hall–Kier alpha value is -1.81. The molecule has 2 fully saturated rings. The fourth-order valence-electron chi connectivity index (χ4n) is 5.03. The van der Waals surface area contributed by atoms with Gasteiger partial charge in [0.05, 0.1) is 34.7 Å². The number of ether oxygens (including phenoxy) is 2. The molecule has 2 heterocycles. The fraction of sp³-hybridized carbons (Fsp3) is 0.680. The molecule has 1 aromatic carbocycles. The van der Waals surface area contributed by atoms with Crippen molar-refractivity contribution in [2.75, 3.05) is 26.0 Å². The lowest BCUT2D eigenvalue weighted by molar-refractivity contribution is -0.00394. The van der Waals surface area contributed by atoms with Gasteiger partial charge in [-0.3, -0.25) is 0 Å². The van der Waals surface area contributed by atoms with Crippen LogP contribution in [-0.4, -0.2) is 63.6 Å². The minimum Gasteiger partial charge on any atom is -0.443 e. The molecule has 0 bridgehead atoms. The number of piperidine rings is 1. The van der Waals surface area contributed by atoms with Gasteiger partial charge in [0.25, 0.3) is 0 Å². The number of fused-ring (bicyclic) bond motifs is 1. The highest BCUT2D eigenvalue weighted by Crippen LogP contribution is 2.35. The van der Waals surface area contributed by atoms with Gasteiger partial charge in [-0.25, -0.2) is 23.3 Å². The number of rotatable bonds is 6. The third-order valence-corrected chi connectivity index (χ3v) is 7.41. The lowest BCUT2D eigenvalue weighted by atomic mass is 9.82. The highest BCUT2D eigenvalue weighted by atomic mass is 32.2. The average Bonchev–Trinajstić information content (AvgIpc) is 3.21. The maximum atomic E-state index is 12.5. The second-order valence-electron chi connectivity index (χ2n) is 10.6. The maximum Gasteiger partial charge on any atom is 0.420 e. The second kappa shape index (κ2) is 10.8. The van der Waals surface area contributed by atoms with Crippen molar-refractivity contribution in [1.29, 1.82) is 0 Å². The van der Waals surface area contributed by atoms with E-state index in [4.69, 9.17) is 9.47 Å². The Morgan fingerprint density at radius 1 is 1.24 bits per heavy atom. The Kier molecular flexibility index (Phi) is 8.07. The van der Waals surface area contributed by atoms with Crippen molar-refractivity contribution in [2.45, 2.75) is 76.5 Å². The van der Waals surface area contributed by atoms with Crippen molar-refractivity contribution in [1.82, 2.24) is 19.6 Å². The van der Waals surface area contributed by atoms with E-state index in [1.807, 2.05) is 26.8 Å². The SMILES string of the molecule is CS(=O)NC1CCNCC1COC1CCC(c2ccc3c(c2)ncn3C(=O)OC(C)(C)C)CC1. The third-order valence-electron chi connectivity index (χ3n) is 6.78. The van der Waals surface area contributed by atoms with E-state index < -0.39 is 22.7 Å². The van der Waals surface area contributed by atoms with Gasteiger partial charge in [-0.1, -0.05) is 6.07 Å². The summed E-state index contributed by atoms with van der Waals surface area (Å²) in [5, 5.41) is 3.43. The van der Waals surface area contributed by atoms with Gasteiger partial charge in [0.15, 0.2) is 0 Å². The normalized spacial score (nSPS) is 26.9. The Balaban J connectivity index is 1.31. The smallest absolute Gasteiger partial charge is 0.420 e. The Labute approximate surface area is 204 Å². The molecule has 2 aliphatic rings. The summed E-state index contributed by atoms with van der Waals surface area (Å²) in [5.41, 5.74) is 2.31. The number of carbonyl (C=O) groups is 1. The van der Waals surface area contributed by atoms with E-state index in [0.717, 1.165) is 56.2 Å². The van der Waals surface area contributed by atoms with Crippen LogP contribution >= 0.6 is 0 Å². The van der Waals surface area contributed by atoms with E-state index in [2.05, 4.69) is 27.2 Å². The van der Waals surface area contributed by atoms with Gasteiger partial charge in [-0.2, -0.15) is 0 Å². The van der Waals surface area contributed by atoms with Crippen LogP contribution in [0.25, 0.3) is 11.0 Å². The van der Waals surface area contributed by atoms with E-state index in [-0.39, 0.29) is 12.1 Å². The molecule has 9 heteroatoms. The lowest BCUT2D eigenvalue weighted by Crippen LogP contribution is -2.50. The second-order valence-corrected chi connectivity index (χ2v) is 11.7. The zero-order valence-electron chi connectivity index (χ0n) is 20.7. The number of imidazole rings is 1. The first-order valence-corrected chi connectivity index (χ1v) is 13.9. The van der Waals surface area contributed by atoms with Crippen LogP contribution in [-0.2, 0) is 20.5 Å². The van der Waals surface area contributed by atoms with Crippen LogP contribution < -0.4 is 10.0 Å². The van der Waals surface area contributed by atoms with Crippen molar-refractivity contribution in [2.24, 2.45) is 5.92 Å². The molecule has 1 saturated carbocycles. The summed E-state index contributed by atoms with van der Waals surface area (Å²) in [6, 6.07) is 6.45. The Morgan fingerprint density at radius 2 is 2.00 bits per heavy atom. The standard InChI is InChI=1S/C25H38N4O4S/c1-25(2,3)33-24(30)29-16-27-22-13-18(7-10-23(22)29)17-5-8-20(9-6-17)32-15-19-14-26-12-11-21(19)28-34(4)31/h7,10,13,16-17,19-21,26,28H,5-6,8-9,11-12,14-15H2,1-4H3. The molecule has 2 N–H and O–H groups in total. The molecule has 4 rings (SSSR count). The van der Waals surface area contributed by atoms with E-state index in [1.165, 1.54) is 10.1 Å². The first kappa shape index (κ1) is 25.3. The average molecular weight is 491 g/mol. The summed E-state index contributed by atoms with van der Waals surface area (Å²) in [6.07, 6.45) is 8.31. The van der Waals surface area contributed by atoms with Crippen molar-refractivity contribution >= 4 is 28.1 Å². The molecule has 0 spiro atoms. The predicted molar refractivity (Wildman–Crippen MR) is 134 cm³/mol. The number of hydrogen-bond donors (Lipinski definition) is 2. The quantitative estimate of drug-likeness (QED) is 0.641. The summed E-state index contributed by atoms with van der Waals surface area (Å²) in [7, 11) is -1.000. The molecule has 1 aliphatic heterocycles. The maximum absolute atomic E-state index is 12.5. The minimum absolute atomic E-state index is 0.246. The number of aromatic nitrogens is 2. The fourth-order valence-corrected chi connectivity index (χ4v) is 5.77. The number of nitrogens with zero attached hydrogens (tertiary/aromatic N) is 2. The predicted octanol–water partition coefficient (Wildman–Crippen LogP) is 3.72. The van der Waals surface area contributed by atoms with Crippen LogP contribution in [0.4, 0.5) is 4.79 Å². The minimum atomic E-state index is -1.000. The first-order chi connectivity index (χ1) is 16.2. The van der Waals surface area contributed by atoms with E-state index in [0.29, 0.717) is 18.4 Å². The molecule has 2 aromatic rings. The molecule has 8 nitrogen and oxygen atoms in total. The molecule has 1 saturated heterocycles. The highest BCUT2D eigenvalue weighted by molar-refractivity contribution is 7.82. The van der Waals surface area contributed by atoms with Gasteiger partial charge < -0.3 is 14.8 Å². The lowest BCUT2D eigenvalue weighted by Gasteiger charge is -2.34. The van der Waals surface area contributed by atoms with Gasteiger partial charge >= 0.3 is 6.09 Å². The molecule has 1 aromatic heterocycles. The molecular weight excluding hydrogens is 452 g/mol. The topological polar surface area (TPSA) is 94.5 Å². The summed E-state index contributed by atoms with van der Waals surface area (Å²) in [5.74, 6) is 0.821. The van der Waals surface area contributed by atoms with Crippen LogP contribution in [0, 0.1) is 5.92 Å². The molecule has 188 valence electrons. The van der Waals surface area contributed by atoms with Gasteiger partial charge in [0.1, 0.15) is 11.9 Å². The molecule has 3 atom stereocenters. The summed E-state index contributed by atoms with van der Waals surface area (Å²) < 4.78 is 28.1. The molecule has 34 heavy (non-hydrogen) atoms. The number of hydrogen-bond acceptors (Lipinski definition) is 6. The van der Waals surface area contributed by atoms with Gasteiger partial charge in [-0.15, -0.1) is 0 Å². The number of carbonyl (C=O) groups excluding carboxylic acids is 1. The highest BCUT2D eigenvalue weighted by Gasteiger charge is 2.29. The van der Waals surface area contributed by atoms with Crippen LogP contribution in [0.15, 0.2) is 24.5 Å². The molecule has 0 amide bonds.